The molecule has 0 bridgehead atoms. The van der Waals surface area contributed by atoms with Crippen LogP contribution in [-0.2, 0) is 16.1 Å². The second kappa shape index (κ2) is 8.16. The van der Waals surface area contributed by atoms with Gasteiger partial charge in [0.2, 0.25) is 0 Å². The van der Waals surface area contributed by atoms with Crippen molar-refractivity contribution in [1.29, 1.82) is 0 Å². The molecule has 8 nitrogen and oxygen atoms in total. The molecule has 1 aromatic carbocycles. The summed E-state index contributed by atoms with van der Waals surface area (Å²) in [6.07, 6.45) is 1.41. The summed E-state index contributed by atoms with van der Waals surface area (Å²) >= 11 is 0. The first-order valence-corrected chi connectivity index (χ1v) is 8.47. The molecule has 0 saturated heterocycles. The standard InChI is InChI=1S/C20H23NO7/c1-20(2,3)28-17(22)11-21-10-12(8-15(18(21)23)19(24)25)14-7-6-13(26-4)9-16(14)27-5/h6-10H,11H2,1-5H3,(H,24,25). The number of carboxylic acids is 1. The van der Waals surface area contributed by atoms with Gasteiger partial charge in [0.1, 0.15) is 29.2 Å². The van der Waals surface area contributed by atoms with E-state index in [2.05, 4.69) is 0 Å². The maximum Gasteiger partial charge on any atom is 0.341 e. The van der Waals surface area contributed by atoms with Crippen LogP contribution >= 0.6 is 0 Å². The van der Waals surface area contributed by atoms with Gasteiger partial charge < -0.3 is 23.9 Å². The van der Waals surface area contributed by atoms with Crippen LogP contribution < -0.4 is 15.0 Å². The number of nitrogens with zero attached hydrogens (tertiary/aromatic N) is 1. The lowest BCUT2D eigenvalue weighted by molar-refractivity contribution is -0.155. The van der Waals surface area contributed by atoms with Crippen molar-refractivity contribution >= 4 is 11.9 Å². The van der Waals surface area contributed by atoms with Gasteiger partial charge in [-0.15, -0.1) is 0 Å². The third kappa shape index (κ3) is 4.91. The SMILES string of the molecule is COc1ccc(-c2cc(C(=O)O)c(=O)n(CC(=O)OC(C)(C)C)c2)c(OC)c1. The minimum Gasteiger partial charge on any atom is -0.497 e. The summed E-state index contributed by atoms with van der Waals surface area (Å²) in [5.41, 5.74) is -1.04. The normalized spacial score (nSPS) is 11.0. The fraction of sp³-hybridized carbons (Fsp3) is 0.350. The van der Waals surface area contributed by atoms with Crippen LogP contribution in [0.3, 0.4) is 0 Å². The second-order valence-electron chi connectivity index (χ2n) is 7.03. The summed E-state index contributed by atoms with van der Waals surface area (Å²) < 4.78 is 16.8. The Morgan fingerprint density at radius 1 is 1.11 bits per heavy atom. The molecule has 150 valence electrons. The van der Waals surface area contributed by atoms with Crippen LogP contribution in [0, 0.1) is 0 Å². The third-order valence-electron chi connectivity index (χ3n) is 3.76. The summed E-state index contributed by atoms with van der Waals surface area (Å²) in [5.74, 6) is -1.05. The molecule has 2 rings (SSSR count). The summed E-state index contributed by atoms with van der Waals surface area (Å²) in [5, 5.41) is 9.41. The molecule has 1 N–H and O–H groups in total. The number of rotatable bonds is 6. The van der Waals surface area contributed by atoms with Crippen LogP contribution in [-0.4, -0.2) is 41.4 Å². The zero-order valence-electron chi connectivity index (χ0n) is 16.4. The topological polar surface area (TPSA) is 104 Å². The molecular formula is C20H23NO7. The minimum absolute atomic E-state index is 0.403. The molecule has 0 saturated carbocycles. The summed E-state index contributed by atoms with van der Waals surface area (Å²) in [7, 11) is 2.98. The Balaban J connectivity index is 2.58. The molecule has 0 spiro atoms. The van der Waals surface area contributed by atoms with Crippen LogP contribution in [0.15, 0.2) is 35.3 Å². The van der Waals surface area contributed by atoms with Gasteiger partial charge in [-0.2, -0.15) is 0 Å². The zero-order chi connectivity index (χ0) is 21.1. The molecule has 2 aromatic rings. The number of aromatic nitrogens is 1. The molecular weight excluding hydrogens is 366 g/mol. The van der Waals surface area contributed by atoms with Crippen molar-refractivity contribution in [2.75, 3.05) is 14.2 Å². The molecule has 0 atom stereocenters. The van der Waals surface area contributed by atoms with Crippen LogP contribution in [0.2, 0.25) is 0 Å². The van der Waals surface area contributed by atoms with Gasteiger partial charge in [-0.3, -0.25) is 9.59 Å². The predicted molar refractivity (Wildman–Crippen MR) is 102 cm³/mol. The largest absolute Gasteiger partial charge is 0.497 e. The quantitative estimate of drug-likeness (QED) is 0.757. The van der Waals surface area contributed by atoms with Crippen molar-refractivity contribution in [2.45, 2.75) is 32.9 Å². The predicted octanol–water partition coefficient (Wildman–Crippen LogP) is 2.57. The van der Waals surface area contributed by atoms with Crippen molar-refractivity contribution in [2.24, 2.45) is 0 Å². The highest BCUT2D eigenvalue weighted by Gasteiger charge is 2.20. The van der Waals surface area contributed by atoms with Gasteiger partial charge in [-0.25, -0.2) is 4.79 Å². The summed E-state index contributed by atoms with van der Waals surface area (Å²) in [4.78, 5) is 36.2. The van der Waals surface area contributed by atoms with Crippen LogP contribution in [0.25, 0.3) is 11.1 Å². The minimum atomic E-state index is -1.39. The van der Waals surface area contributed by atoms with Crippen LogP contribution in [0.4, 0.5) is 0 Å². The number of benzene rings is 1. The molecule has 28 heavy (non-hydrogen) atoms. The molecule has 8 heteroatoms. The van der Waals surface area contributed by atoms with E-state index in [-0.39, 0.29) is 0 Å². The monoisotopic (exact) mass is 389 g/mol. The van der Waals surface area contributed by atoms with E-state index in [1.165, 1.54) is 26.5 Å². The average Bonchev–Trinajstić information content (AvgIpc) is 2.61. The summed E-state index contributed by atoms with van der Waals surface area (Å²) in [6.45, 7) is 4.70. The number of carboxylic acid groups (broad SMARTS) is 1. The van der Waals surface area contributed by atoms with Gasteiger partial charge >= 0.3 is 11.9 Å². The molecule has 0 unspecified atom stereocenters. The summed E-state index contributed by atoms with van der Waals surface area (Å²) in [6, 6.07) is 6.25. The molecule has 0 aliphatic rings. The second-order valence-corrected chi connectivity index (χ2v) is 7.03. The van der Waals surface area contributed by atoms with Gasteiger partial charge in [0.05, 0.1) is 14.2 Å². The fourth-order valence-corrected chi connectivity index (χ4v) is 2.60. The Hall–Kier alpha value is -3.29. The van der Waals surface area contributed by atoms with Gasteiger partial charge in [0, 0.05) is 23.4 Å². The first-order chi connectivity index (χ1) is 13.1. The van der Waals surface area contributed by atoms with E-state index in [0.29, 0.717) is 22.6 Å². The molecule has 0 aliphatic heterocycles. The number of methoxy groups -OCH3 is 2. The Kier molecular flexibility index (Phi) is 6.12. The molecule has 0 radical (unpaired) electrons. The lowest BCUT2D eigenvalue weighted by Crippen LogP contribution is -2.32. The lowest BCUT2D eigenvalue weighted by atomic mass is 10.0. The van der Waals surface area contributed by atoms with E-state index in [1.54, 1.807) is 39.0 Å². The Bertz CT molecular complexity index is 954. The fourth-order valence-electron chi connectivity index (χ4n) is 2.60. The number of hydrogen-bond donors (Lipinski definition) is 1. The van der Waals surface area contributed by atoms with Crippen LogP contribution in [0.5, 0.6) is 11.5 Å². The zero-order valence-corrected chi connectivity index (χ0v) is 16.4. The van der Waals surface area contributed by atoms with E-state index in [4.69, 9.17) is 14.2 Å². The number of esters is 1. The van der Waals surface area contributed by atoms with E-state index in [1.807, 2.05) is 0 Å². The lowest BCUT2D eigenvalue weighted by Gasteiger charge is -2.20. The van der Waals surface area contributed by atoms with Crippen molar-refractivity contribution in [3.8, 4) is 22.6 Å². The van der Waals surface area contributed by atoms with Crippen molar-refractivity contribution in [3.05, 3.63) is 46.4 Å². The molecule has 1 heterocycles. The van der Waals surface area contributed by atoms with Crippen molar-refractivity contribution < 1.29 is 28.9 Å². The first kappa shape index (κ1) is 21.0. The van der Waals surface area contributed by atoms with Crippen LogP contribution in [0.1, 0.15) is 31.1 Å². The van der Waals surface area contributed by atoms with Gasteiger partial charge in [-0.1, -0.05) is 0 Å². The molecule has 0 fully saturated rings. The van der Waals surface area contributed by atoms with E-state index >= 15 is 0 Å². The first-order valence-electron chi connectivity index (χ1n) is 8.47. The molecule has 1 aromatic heterocycles. The maximum atomic E-state index is 12.5. The Labute approximate surface area is 162 Å². The van der Waals surface area contributed by atoms with Gasteiger partial charge in [0.25, 0.3) is 5.56 Å². The van der Waals surface area contributed by atoms with Crippen molar-refractivity contribution in [1.82, 2.24) is 4.57 Å². The highest BCUT2D eigenvalue weighted by molar-refractivity contribution is 5.89. The van der Waals surface area contributed by atoms with E-state index in [9.17, 15) is 19.5 Å². The molecule has 0 amide bonds. The maximum absolute atomic E-state index is 12.5. The molecule has 0 aliphatic carbocycles. The number of aromatic carboxylic acids is 1. The third-order valence-corrected chi connectivity index (χ3v) is 3.76. The van der Waals surface area contributed by atoms with E-state index in [0.717, 1.165) is 4.57 Å². The number of carbonyl (C=O) groups excluding carboxylic acids is 1. The number of ether oxygens (including phenoxy) is 3. The van der Waals surface area contributed by atoms with Gasteiger partial charge in [0.15, 0.2) is 0 Å². The number of pyridine rings is 1. The highest BCUT2D eigenvalue weighted by atomic mass is 16.6. The average molecular weight is 389 g/mol. The van der Waals surface area contributed by atoms with Crippen molar-refractivity contribution in [3.63, 3.8) is 0 Å². The smallest absolute Gasteiger partial charge is 0.341 e. The highest BCUT2D eigenvalue weighted by Crippen LogP contribution is 2.33. The number of carbonyl (C=O) groups is 2. The van der Waals surface area contributed by atoms with E-state index < -0.39 is 35.2 Å². The Morgan fingerprint density at radius 3 is 2.32 bits per heavy atom. The number of hydrogen-bond acceptors (Lipinski definition) is 6. The van der Waals surface area contributed by atoms with Gasteiger partial charge in [-0.05, 0) is 39.0 Å². The Morgan fingerprint density at radius 2 is 1.79 bits per heavy atom.